The number of ether oxygens (including phenoxy) is 2. The molecule has 0 radical (unpaired) electrons. The summed E-state index contributed by atoms with van der Waals surface area (Å²) in [5, 5.41) is 0. The first-order valence-electron chi connectivity index (χ1n) is 7.75. The van der Waals surface area contributed by atoms with Crippen LogP contribution in [0.5, 0.6) is 5.75 Å². The van der Waals surface area contributed by atoms with E-state index in [1.165, 1.54) is 18.2 Å². The zero-order valence-electron chi connectivity index (χ0n) is 13.3. The Balaban J connectivity index is 1.76. The van der Waals surface area contributed by atoms with Crippen molar-refractivity contribution in [3.05, 3.63) is 42.1 Å². The van der Waals surface area contributed by atoms with E-state index in [0.717, 1.165) is 38.4 Å². The normalized spacial score (nSPS) is 16.0. The van der Waals surface area contributed by atoms with Crippen molar-refractivity contribution in [1.82, 2.24) is 9.88 Å². The monoisotopic (exact) mass is 370 g/mol. The van der Waals surface area contributed by atoms with Crippen LogP contribution >= 0.6 is 12.6 Å². The number of nitrogens with zero attached hydrogens (tertiary/aromatic N) is 2. The number of thiol groups is 1. The van der Waals surface area contributed by atoms with Crippen LogP contribution in [-0.2, 0) is 11.3 Å². The van der Waals surface area contributed by atoms with Crippen LogP contribution in [0, 0.1) is 0 Å². The lowest BCUT2D eigenvalue weighted by Gasteiger charge is -2.26. The van der Waals surface area contributed by atoms with Crippen molar-refractivity contribution < 1.29 is 22.6 Å². The summed E-state index contributed by atoms with van der Waals surface area (Å²) in [6.07, 6.45) is -3.00. The maximum atomic E-state index is 12.4. The smallest absolute Gasteiger partial charge is 0.406 e. The van der Waals surface area contributed by atoms with Crippen molar-refractivity contribution in [2.75, 3.05) is 26.3 Å². The Morgan fingerprint density at radius 1 is 1.16 bits per heavy atom. The van der Waals surface area contributed by atoms with E-state index < -0.39 is 6.36 Å². The van der Waals surface area contributed by atoms with Crippen molar-refractivity contribution in [3.63, 3.8) is 0 Å². The number of benzene rings is 1. The van der Waals surface area contributed by atoms with Gasteiger partial charge in [0.2, 0.25) is 0 Å². The number of alkyl halides is 3. The molecule has 1 saturated heterocycles. The predicted molar refractivity (Wildman–Crippen MR) is 89.7 cm³/mol. The second kappa shape index (κ2) is 7.63. The van der Waals surface area contributed by atoms with Gasteiger partial charge in [0.05, 0.1) is 18.9 Å². The Labute approximate surface area is 149 Å². The first-order valence-corrected chi connectivity index (χ1v) is 8.19. The highest BCUT2D eigenvalue weighted by Gasteiger charge is 2.31. The Bertz CT molecular complexity index is 717. The fourth-order valence-corrected chi connectivity index (χ4v) is 2.87. The summed E-state index contributed by atoms with van der Waals surface area (Å²) in [6.45, 7) is 3.96. The Kier molecular flexibility index (Phi) is 5.51. The number of morpholine rings is 1. The van der Waals surface area contributed by atoms with Crippen LogP contribution in [0.2, 0.25) is 0 Å². The Morgan fingerprint density at radius 3 is 2.56 bits per heavy atom. The Morgan fingerprint density at radius 2 is 1.92 bits per heavy atom. The highest BCUT2D eigenvalue weighted by atomic mass is 32.1. The van der Waals surface area contributed by atoms with E-state index in [4.69, 9.17) is 4.74 Å². The number of hydrogen-bond donors (Lipinski definition) is 1. The van der Waals surface area contributed by atoms with Crippen molar-refractivity contribution >= 4 is 12.6 Å². The van der Waals surface area contributed by atoms with Gasteiger partial charge in [0.1, 0.15) is 5.75 Å². The number of rotatable bonds is 4. The zero-order chi connectivity index (χ0) is 17.9. The van der Waals surface area contributed by atoms with E-state index >= 15 is 0 Å². The molecule has 134 valence electrons. The molecule has 4 nitrogen and oxygen atoms in total. The minimum Gasteiger partial charge on any atom is -0.406 e. The van der Waals surface area contributed by atoms with Crippen molar-refractivity contribution in [2.45, 2.75) is 17.8 Å². The molecule has 3 rings (SSSR count). The van der Waals surface area contributed by atoms with Gasteiger partial charge in [-0.2, -0.15) is 0 Å². The topological polar surface area (TPSA) is 34.6 Å². The molecule has 8 heteroatoms. The summed E-state index contributed by atoms with van der Waals surface area (Å²) in [5.41, 5.74) is 2.07. The van der Waals surface area contributed by atoms with Gasteiger partial charge in [0.15, 0.2) is 0 Å². The average Bonchev–Trinajstić information content (AvgIpc) is 2.57. The minimum absolute atomic E-state index is 0.292. The molecular formula is C17H17F3N2O2S. The summed E-state index contributed by atoms with van der Waals surface area (Å²) >= 11 is 4.30. The number of halogens is 3. The highest BCUT2D eigenvalue weighted by molar-refractivity contribution is 7.80. The van der Waals surface area contributed by atoms with Crippen LogP contribution < -0.4 is 4.74 Å². The lowest BCUT2D eigenvalue weighted by Crippen LogP contribution is -2.35. The molecule has 0 N–H and O–H groups in total. The van der Waals surface area contributed by atoms with Crippen LogP contribution in [0.4, 0.5) is 13.2 Å². The molecule has 0 spiro atoms. The number of pyridine rings is 1. The van der Waals surface area contributed by atoms with E-state index in [9.17, 15) is 13.2 Å². The molecule has 2 heterocycles. The summed E-state index contributed by atoms with van der Waals surface area (Å²) in [5.74, 6) is -0.292. The molecule has 1 aliphatic heterocycles. The van der Waals surface area contributed by atoms with Gasteiger partial charge in [-0.25, -0.2) is 0 Å². The summed E-state index contributed by atoms with van der Waals surface area (Å²) < 4.78 is 46.4. The van der Waals surface area contributed by atoms with Crippen molar-refractivity contribution in [3.8, 4) is 17.0 Å². The Hall–Kier alpha value is -1.77. The van der Waals surface area contributed by atoms with Gasteiger partial charge in [-0.15, -0.1) is 25.8 Å². The lowest BCUT2D eigenvalue weighted by atomic mass is 10.1. The second-order valence-electron chi connectivity index (χ2n) is 5.67. The standard InChI is InChI=1S/C17H17F3N2O2S/c18-17(19,20)24-13-2-4-16(25)14(9-13)15-3-1-12(10-21-15)11-22-5-7-23-8-6-22/h1-4,9-10,25H,5-8,11H2. The lowest BCUT2D eigenvalue weighted by molar-refractivity contribution is -0.274. The predicted octanol–water partition coefficient (Wildman–Crippen LogP) is 3.77. The minimum atomic E-state index is -4.73. The molecule has 25 heavy (non-hydrogen) atoms. The van der Waals surface area contributed by atoms with Crippen LogP contribution in [0.3, 0.4) is 0 Å². The molecule has 0 atom stereocenters. The molecular weight excluding hydrogens is 353 g/mol. The van der Waals surface area contributed by atoms with Gasteiger partial charge in [-0.05, 0) is 29.8 Å². The summed E-state index contributed by atoms with van der Waals surface area (Å²) in [6, 6.07) is 7.68. The summed E-state index contributed by atoms with van der Waals surface area (Å²) in [4.78, 5) is 7.17. The van der Waals surface area contributed by atoms with E-state index in [2.05, 4.69) is 27.2 Å². The fourth-order valence-electron chi connectivity index (χ4n) is 2.61. The van der Waals surface area contributed by atoms with Gasteiger partial charge < -0.3 is 9.47 Å². The number of aromatic nitrogens is 1. The van der Waals surface area contributed by atoms with E-state index in [1.807, 2.05) is 6.07 Å². The molecule has 2 aromatic rings. The molecule has 1 aromatic carbocycles. The maximum Gasteiger partial charge on any atom is 0.573 e. The largest absolute Gasteiger partial charge is 0.573 e. The SMILES string of the molecule is FC(F)(F)Oc1ccc(S)c(-c2ccc(CN3CCOCC3)cn2)c1. The van der Waals surface area contributed by atoms with E-state index in [0.29, 0.717) is 16.2 Å². The molecule has 0 saturated carbocycles. The van der Waals surface area contributed by atoms with Crippen LogP contribution in [-0.4, -0.2) is 42.5 Å². The zero-order valence-corrected chi connectivity index (χ0v) is 14.2. The molecule has 1 aromatic heterocycles. The van der Waals surface area contributed by atoms with Gasteiger partial charge in [-0.3, -0.25) is 9.88 Å². The highest BCUT2D eigenvalue weighted by Crippen LogP contribution is 2.31. The molecule has 0 amide bonds. The first-order chi connectivity index (χ1) is 11.9. The molecule has 1 aliphatic rings. The van der Waals surface area contributed by atoms with Crippen molar-refractivity contribution in [1.29, 1.82) is 0 Å². The van der Waals surface area contributed by atoms with Crippen LogP contribution in [0.25, 0.3) is 11.3 Å². The van der Waals surface area contributed by atoms with Crippen LogP contribution in [0.15, 0.2) is 41.4 Å². The molecule has 1 fully saturated rings. The molecule has 0 unspecified atom stereocenters. The van der Waals surface area contributed by atoms with Crippen molar-refractivity contribution in [2.24, 2.45) is 0 Å². The molecule has 0 aliphatic carbocycles. The number of hydrogen-bond acceptors (Lipinski definition) is 5. The second-order valence-corrected chi connectivity index (χ2v) is 6.15. The van der Waals surface area contributed by atoms with Gasteiger partial charge >= 0.3 is 6.36 Å². The first kappa shape index (κ1) is 18.0. The maximum absolute atomic E-state index is 12.4. The third-order valence-electron chi connectivity index (χ3n) is 3.81. The van der Waals surface area contributed by atoms with Gasteiger partial charge in [-0.1, -0.05) is 6.07 Å². The summed E-state index contributed by atoms with van der Waals surface area (Å²) in [7, 11) is 0. The van der Waals surface area contributed by atoms with E-state index in [1.54, 1.807) is 12.3 Å². The third kappa shape index (κ3) is 5.10. The molecule has 0 bridgehead atoms. The third-order valence-corrected chi connectivity index (χ3v) is 4.20. The fraction of sp³-hybridized carbons (Fsp3) is 0.353. The average molecular weight is 370 g/mol. The van der Waals surface area contributed by atoms with Gasteiger partial charge in [0, 0.05) is 36.3 Å². The quantitative estimate of drug-likeness (QED) is 0.831. The van der Waals surface area contributed by atoms with E-state index in [-0.39, 0.29) is 5.75 Å². The van der Waals surface area contributed by atoms with Gasteiger partial charge in [0.25, 0.3) is 0 Å². The van der Waals surface area contributed by atoms with Crippen LogP contribution in [0.1, 0.15) is 5.56 Å².